The van der Waals surface area contributed by atoms with Crippen molar-refractivity contribution < 1.29 is 13.5 Å². The molecule has 0 fully saturated rings. The Balaban J connectivity index is 1.48. The number of anilines is 1. The van der Waals surface area contributed by atoms with E-state index >= 15 is 0 Å². The van der Waals surface area contributed by atoms with Gasteiger partial charge < -0.3 is 10.1 Å². The number of hydrogen-bond acceptors (Lipinski definition) is 5. The summed E-state index contributed by atoms with van der Waals surface area (Å²) < 4.78 is 32.1. The molecule has 2 aromatic carbocycles. The number of ether oxygens (including phenoxy) is 1. The van der Waals surface area contributed by atoms with Crippen molar-refractivity contribution in [3.63, 3.8) is 0 Å². The molecule has 1 atom stereocenters. The maximum atomic E-state index is 13.5. The predicted molar refractivity (Wildman–Crippen MR) is 92.0 cm³/mol. The lowest BCUT2D eigenvalue weighted by atomic mass is 10.0. The number of rotatable bonds is 4. The van der Waals surface area contributed by atoms with Crippen LogP contribution in [0.2, 0.25) is 0 Å². The van der Waals surface area contributed by atoms with E-state index in [1.165, 1.54) is 35.6 Å². The number of aromatic nitrogens is 2. The van der Waals surface area contributed by atoms with Crippen molar-refractivity contribution >= 4 is 16.5 Å². The molecule has 0 radical (unpaired) electrons. The summed E-state index contributed by atoms with van der Waals surface area (Å²) in [5, 5.41) is 13.2. The number of nitrogens with one attached hydrogen (secondary N) is 1. The minimum atomic E-state index is -0.287. The molecule has 0 amide bonds. The SMILES string of the molecule is Fc1ccc(Cc2nnc(NC3CCOc4ccc(F)cc43)s2)cc1. The van der Waals surface area contributed by atoms with E-state index < -0.39 is 0 Å². The molecule has 1 aliphatic rings. The zero-order valence-corrected chi connectivity index (χ0v) is 14.0. The smallest absolute Gasteiger partial charge is 0.206 e. The van der Waals surface area contributed by atoms with Gasteiger partial charge in [0.1, 0.15) is 22.4 Å². The molecule has 3 aromatic rings. The van der Waals surface area contributed by atoms with Crippen LogP contribution < -0.4 is 10.1 Å². The van der Waals surface area contributed by atoms with Gasteiger partial charge in [0.15, 0.2) is 0 Å². The molecular formula is C18H15F2N3OS. The Morgan fingerprint density at radius 1 is 1.08 bits per heavy atom. The van der Waals surface area contributed by atoms with Gasteiger partial charge in [-0.3, -0.25) is 0 Å². The Morgan fingerprint density at radius 2 is 1.88 bits per heavy atom. The Kier molecular flexibility index (Phi) is 4.31. The molecule has 0 saturated carbocycles. The summed E-state index contributed by atoms with van der Waals surface area (Å²) in [6.45, 7) is 0.567. The van der Waals surface area contributed by atoms with Gasteiger partial charge >= 0.3 is 0 Å². The van der Waals surface area contributed by atoms with Gasteiger partial charge in [-0.15, -0.1) is 10.2 Å². The first kappa shape index (κ1) is 16.0. The summed E-state index contributed by atoms with van der Waals surface area (Å²) in [7, 11) is 0. The summed E-state index contributed by atoms with van der Waals surface area (Å²) in [5.74, 6) is 0.153. The van der Waals surface area contributed by atoms with E-state index in [4.69, 9.17) is 4.74 Å². The summed E-state index contributed by atoms with van der Waals surface area (Å²) in [6.07, 6.45) is 1.32. The number of fused-ring (bicyclic) bond motifs is 1. The van der Waals surface area contributed by atoms with Crippen LogP contribution in [-0.4, -0.2) is 16.8 Å². The van der Waals surface area contributed by atoms with Crippen molar-refractivity contribution in [1.82, 2.24) is 10.2 Å². The highest BCUT2D eigenvalue weighted by Crippen LogP contribution is 2.35. The number of benzene rings is 2. The van der Waals surface area contributed by atoms with Crippen LogP contribution in [0.1, 0.15) is 28.6 Å². The van der Waals surface area contributed by atoms with Gasteiger partial charge in [0, 0.05) is 18.4 Å². The quantitative estimate of drug-likeness (QED) is 0.753. The van der Waals surface area contributed by atoms with Gasteiger partial charge in [-0.1, -0.05) is 23.5 Å². The second-order valence-corrected chi connectivity index (χ2v) is 6.88. The van der Waals surface area contributed by atoms with E-state index in [1.54, 1.807) is 18.2 Å². The maximum absolute atomic E-state index is 13.5. The van der Waals surface area contributed by atoms with E-state index in [0.29, 0.717) is 23.9 Å². The largest absolute Gasteiger partial charge is 0.493 e. The van der Waals surface area contributed by atoms with Crippen LogP contribution in [0.15, 0.2) is 42.5 Å². The maximum Gasteiger partial charge on any atom is 0.206 e. The summed E-state index contributed by atoms with van der Waals surface area (Å²) in [5.41, 5.74) is 1.77. The second-order valence-electron chi connectivity index (χ2n) is 5.82. The first-order valence-electron chi connectivity index (χ1n) is 7.93. The monoisotopic (exact) mass is 359 g/mol. The molecule has 0 bridgehead atoms. The first-order chi connectivity index (χ1) is 12.2. The van der Waals surface area contributed by atoms with E-state index in [1.807, 2.05) is 0 Å². The third-order valence-electron chi connectivity index (χ3n) is 4.04. The summed E-state index contributed by atoms with van der Waals surface area (Å²) >= 11 is 1.44. The van der Waals surface area contributed by atoms with E-state index in [-0.39, 0.29) is 17.7 Å². The fourth-order valence-corrected chi connectivity index (χ4v) is 3.65. The van der Waals surface area contributed by atoms with Crippen LogP contribution in [0.5, 0.6) is 5.75 Å². The molecule has 1 aliphatic heterocycles. The highest BCUT2D eigenvalue weighted by atomic mass is 32.1. The van der Waals surface area contributed by atoms with Gasteiger partial charge in [-0.25, -0.2) is 8.78 Å². The molecule has 2 heterocycles. The third-order valence-corrected chi connectivity index (χ3v) is 4.90. The highest BCUT2D eigenvalue weighted by molar-refractivity contribution is 7.15. The molecule has 7 heteroatoms. The van der Waals surface area contributed by atoms with Crippen molar-refractivity contribution in [3.05, 3.63) is 70.2 Å². The number of halogens is 2. The molecule has 1 N–H and O–H groups in total. The summed E-state index contributed by atoms with van der Waals surface area (Å²) in [6, 6.07) is 10.8. The Labute approximate surface area is 147 Å². The molecule has 4 nitrogen and oxygen atoms in total. The van der Waals surface area contributed by atoms with E-state index in [2.05, 4.69) is 15.5 Å². The summed E-state index contributed by atoms with van der Waals surface area (Å²) in [4.78, 5) is 0. The van der Waals surface area contributed by atoms with E-state index in [9.17, 15) is 8.78 Å². The molecule has 0 spiro atoms. The van der Waals surface area contributed by atoms with Gasteiger partial charge in [0.2, 0.25) is 5.13 Å². The average molecular weight is 359 g/mol. The van der Waals surface area contributed by atoms with Crippen molar-refractivity contribution in [2.24, 2.45) is 0 Å². The van der Waals surface area contributed by atoms with Crippen LogP contribution in [0.25, 0.3) is 0 Å². The fraction of sp³-hybridized carbons (Fsp3) is 0.222. The zero-order chi connectivity index (χ0) is 17.2. The van der Waals surface area contributed by atoms with Gasteiger partial charge in [-0.05, 0) is 35.9 Å². The normalized spacial score (nSPS) is 16.2. The van der Waals surface area contributed by atoms with Gasteiger partial charge in [0.05, 0.1) is 12.6 Å². The highest BCUT2D eigenvalue weighted by Gasteiger charge is 2.23. The lowest BCUT2D eigenvalue weighted by Crippen LogP contribution is -2.20. The Morgan fingerprint density at radius 3 is 2.72 bits per heavy atom. The average Bonchev–Trinajstić information content (AvgIpc) is 3.04. The predicted octanol–water partition coefficient (Wildman–Crippen LogP) is 4.34. The molecule has 1 unspecified atom stereocenters. The van der Waals surface area contributed by atoms with Crippen LogP contribution in [0.4, 0.5) is 13.9 Å². The first-order valence-corrected chi connectivity index (χ1v) is 8.74. The van der Waals surface area contributed by atoms with Gasteiger partial charge in [-0.2, -0.15) is 0 Å². The topological polar surface area (TPSA) is 47.0 Å². The van der Waals surface area contributed by atoms with Crippen LogP contribution in [0, 0.1) is 11.6 Å². The molecule has 25 heavy (non-hydrogen) atoms. The second kappa shape index (κ2) is 6.76. The minimum Gasteiger partial charge on any atom is -0.493 e. The zero-order valence-electron chi connectivity index (χ0n) is 13.2. The third kappa shape index (κ3) is 3.61. The Bertz CT molecular complexity index is 882. The lowest BCUT2D eigenvalue weighted by Gasteiger charge is -2.26. The number of nitrogens with zero attached hydrogens (tertiary/aromatic N) is 2. The van der Waals surface area contributed by atoms with Crippen molar-refractivity contribution in [2.45, 2.75) is 18.9 Å². The van der Waals surface area contributed by atoms with Crippen LogP contribution >= 0.6 is 11.3 Å². The van der Waals surface area contributed by atoms with E-state index in [0.717, 1.165) is 22.6 Å². The molecule has 128 valence electrons. The van der Waals surface area contributed by atoms with Crippen LogP contribution in [-0.2, 0) is 6.42 Å². The van der Waals surface area contributed by atoms with Gasteiger partial charge in [0.25, 0.3) is 0 Å². The minimum absolute atomic E-state index is 0.0638. The van der Waals surface area contributed by atoms with Crippen molar-refractivity contribution in [1.29, 1.82) is 0 Å². The number of hydrogen-bond donors (Lipinski definition) is 1. The Hall–Kier alpha value is -2.54. The molecule has 1 aromatic heterocycles. The van der Waals surface area contributed by atoms with Crippen LogP contribution in [0.3, 0.4) is 0 Å². The lowest BCUT2D eigenvalue weighted by molar-refractivity contribution is 0.273. The molecule has 0 aliphatic carbocycles. The molecule has 4 rings (SSSR count). The van der Waals surface area contributed by atoms with Crippen molar-refractivity contribution in [2.75, 3.05) is 11.9 Å². The molecular weight excluding hydrogens is 344 g/mol. The van der Waals surface area contributed by atoms with Crippen molar-refractivity contribution in [3.8, 4) is 5.75 Å². The fourth-order valence-electron chi connectivity index (χ4n) is 2.82. The molecule has 0 saturated heterocycles. The standard InChI is InChI=1S/C18H15F2N3OS/c19-12-3-1-11(2-4-12)9-17-22-23-18(25-17)21-15-7-8-24-16-6-5-13(20)10-14(15)16/h1-6,10,15H,7-9H2,(H,21,23).